The summed E-state index contributed by atoms with van der Waals surface area (Å²) in [6, 6.07) is 1.76. The van der Waals surface area contributed by atoms with Crippen LogP contribution in [0.3, 0.4) is 0 Å². The molecule has 2 aliphatic heterocycles. The Labute approximate surface area is 235 Å². The minimum Gasteiger partial charge on any atom is -0.334 e. The van der Waals surface area contributed by atoms with Gasteiger partial charge in [0.05, 0.1) is 23.3 Å². The Hall–Kier alpha value is -4.35. The molecule has 4 bridgehead atoms. The molecule has 1 N–H and O–H groups in total. The van der Waals surface area contributed by atoms with Gasteiger partial charge in [0.2, 0.25) is 11.9 Å². The molecule has 41 heavy (non-hydrogen) atoms. The fraction of sp³-hybridized carbons (Fsp3) is 0.414. The van der Waals surface area contributed by atoms with Crippen LogP contribution in [0, 0.1) is 5.92 Å². The van der Waals surface area contributed by atoms with Crippen molar-refractivity contribution in [2.45, 2.75) is 58.5 Å². The molecule has 214 valence electrons. The van der Waals surface area contributed by atoms with Crippen molar-refractivity contribution in [3.05, 3.63) is 70.7 Å². The lowest BCUT2D eigenvalue weighted by atomic mass is 9.90. The van der Waals surface area contributed by atoms with Crippen molar-refractivity contribution in [2.24, 2.45) is 5.92 Å². The van der Waals surface area contributed by atoms with Crippen LogP contribution in [0.15, 0.2) is 65.1 Å². The number of fused-ring (bicyclic) bond motifs is 4. The van der Waals surface area contributed by atoms with E-state index in [0.717, 1.165) is 23.4 Å². The fourth-order valence-electron chi connectivity index (χ4n) is 5.99. The highest BCUT2D eigenvalue weighted by molar-refractivity contribution is 5.90. The van der Waals surface area contributed by atoms with Gasteiger partial charge in [0.25, 0.3) is 11.5 Å². The van der Waals surface area contributed by atoms with E-state index in [2.05, 4.69) is 40.0 Å². The summed E-state index contributed by atoms with van der Waals surface area (Å²) in [5, 5.41) is 7.84. The number of nitrogens with zero attached hydrogens (tertiary/aromatic N) is 7. The first-order chi connectivity index (χ1) is 19.6. The molecule has 6 rings (SSSR count). The number of carbonyl (C=O) groups excluding carboxylic acids is 1. The quantitative estimate of drug-likeness (QED) is 0.456. The Morgan fingerprint density at radius 1 is 1.20 bits per heavy atom. The maximum Gasteiger partial charge on any atom is 0.276 e. The molecule has 0 radical (unpaired) electrons. The predicted molar refractivity (Wildman–Crippen MR) is 152 cm³/mol. The number of aromatic nitrogens is 5. The van der Waals surface area contributed by atoms with Crippen LogP contribution in [0.1, 0.15) is 39.5 Å². The Morgan fingerprint density at radius 2 is 2.02 bits per heavy atom. The van der Waals surface area contributed by atoms with E-state index in [1.165, 1.54) is 21.5 Å². The second kappa shape index (κ2) is 10.2. The highest BCUT2D eigenvalue weighted by Gasteiger charge is 2.35. The molecular formula is C29H32F2N8O2. The van der Waals surface area contributed by atoms with E-state index >= 15 is 0 Å². The molecule has 1 aliphatic carbocycles. The average molecular weight is 563 g/mol. The number of aryl methyl sites for hydroxylation is 2. The van der Waals surface area contributed by atoms with Gasteiger partial charge in [-0.05, 0) is 43.4 Å². The molecule has 1 amide bonds. The van der Waals surface area contributed by atoms with Crippen molar-refractivity contribution in [2.75, 3.05) is 23.3 Å². The van der Waals surface area contributed by atoms with Crippen molar-refractivity contribution < 1.29 is 13.6 Å². The Balaban J connectivity index is 1.47. The highest BCUT2D eigenvalue weighted by atomic mass is 19.3. The minimum atomic E-state index is -2.91. The Morgan fingerprint density at radius 3 is 2.83 bits per heavy atom. The monoisotopic (exact) mass is 562 g/mol. The largest absolute Gasteiger partial charge is 0.334 e. The summed E-state index contributed by atoms with van der Waals surface area (Å²) in [5.74, 6) is -2.61. The first-order valence-corrected chi connectivity index (χ1v) is 13.8. The third-order valence-electron chi connectivity index (χ3n) is 7.89. The molecule has 3 aliphatic rings. The number of halogens is 2. The number of hydrogen-bond acceptors (Lipinski definition) is 7. The summed E-state index contributed by atoms with van der Waals surface area (Å²) < 4.78 is 32.5. The first-order valence-electron chi connectivity index (χ1n) is 13.8. The zero-order valence-corrected chi connectivity index (χ0v) is 23.1. The molecule has 0 saturated carbocycles. The smallest absolute Gasteiger partial charge is 0.276 e. The van der Waals surface area contributed by atoms with Gasteiger partial charge in [-0.15, -0.1) is 0 Å². The SMILES string of the molecule is C=CC(=O)N1CCN(c2cc3cnc4nc3n(c2=O)CCCC(F)(F)CCn2cc(cn2)N4)C2=CC(C)CC(C)=C21. The van der Waals surface area contributed by atoms with Gasteiger partial charge in [-0.25, -0.2) is 13.8 Å². The molecule has 0 aromatic carbocycles. The zero-order chi connectivity index (χ0) is 28.9. The van der Waals surface area contributed by atoms with E-state index in [0.29, 0.717) is 35.5 Å². The van der Waals surface area contributed by atoms with Crippen molar-refractivity contribution >= 4 is 34.3 Å². The van der Waals surface area contributed by atoms with Crippen molar-refractivity contribution in [3.63, 3.8) is 0 Å². The number of allylic oxidation sites excluding steroid dienone is 2. The number of amides is 1. The van der Waals surface area contributed by atoms with Crippen LogP contribution < -0.4 is 15.8 Å². The number of pyridine rings is 1. The maximum atomic E-state index is 14.8. The van der Waals surface area contributed by atoms with Gasteiger partial charge in [0.15, 0.2) is 0 Å². The summed E-state index contributed by atoms with van der Waals surface area (Å²) >= 11 is 0. The summed E-state index contributed by atoms with van der Waals surface area (Å²) in [6.45, 7) is 8.66. The third kappa shape index (κ3) is 5.02. The summed E-state index contributed by atoms with van der Waals surface area (Å²) in [7, 11) is 0. The number of rotatable bonds is 2. The molecule has 3 aromatic heterocycles. The summed E-state index contributed by atoms with van der Waals surface area (Å²) in [6.07, 6.45) is 8.35. The van der Waals surface area contributed by atoms with E-state index in [9.17, 15) is 18.4 Å². The number of nitrogens with one attached hydrogen (secondary N) is 1. The Kier molecular flexibility index (Phi) is 6.71. The van der Waals surface area contributed by atoms with Crippen LogP contribution in [0.25, 0.3) is 11.0 Å². The van der Waals surface area contributed by atoms with E-state index < -0.39 is 5.92 Å². The average Bonchev–Trinajstić information content (AvgIpc) is 3.39. The van der Waals surface area contributed by atoms with Crippen LogP contribution in [-0.4, -0.2) is 54.1 Å². The third-order valence-corrected chi connectivity index (χ3v) is 7.89. The van der Waals surface area contributed by atoms with Crippen molar-refractivity contribution in [1.29, 1.82) is 0 Å². The van der Waals surface area contributed by atoms with Crippen LogP contribution >= 0.6 is 0 Å². The topological polar surface area (TPSA) is 101 Å². The zero-order valence-electron chi connectivity index (χ0n) is 23.1. The first kappa shape index (κ1) is 26.9. The number of hydrogen-bond donors (Lipinski definition) is 1. The molecule has 12 heteroatoms. The van der Waals surface area contributed by atoms with Gasteiger partial charge < -0.3 is 15.1 Å². The number of piperazine rings is 1. The Bertz CT molecular complexity index is 1670. The molecule has 1 fully saturated rings. The molecule has 1 unspecified atom stereocenters. The van der Waals surface area contributed by atoms with Gasteiger partial charge in [0.1, 0.15) is 11.3 Å². The van der Waals surface area contributed by atoms with E-state index in [4.69, 9.17) is 0 Å². The van der Waals surface area contributed by atoms with E-state index in [1.54, 1.807) is 23.4 Å². The molecule has 0 spiro atoms. The van der Waals surface area contributed by atoms with Gasteiger partial charge in [0, 0.05) is 56.8 Å². The van der Waals surface area contributed by atoms with Crippen LogP contribution in [0.4, 0.5) is 26.1 Å². The maximum absolute atomic E-state index is 14.8. The number of alkyl halides is 2. The lowest BCUT2D eigenvalue weighted by Gasteiger charge is -2.43. The van der Waals surface area contributed by atoms with Crippen LogP contribution in [0.5, 0.6) is 0 Å². The van der Waals surface area contributed by atoms with Gasteiger partial charge >= 0.3 is 0 Å². The van der Waals surface area contributed by atoms with Crippen LogP contribution in [-0.2, 0) is 17.9 Å². The molecule has 10 nitrogen and oxygen atoms in total. The second-order valence-electron chi connectivity index (χ2n) is 11.0. The lowest BCUT2D eigenvalue weighted by molar-refractivity contribution is -0.124. The van der Waals surface area contributed by atoms with Gasteiger partial charge in [-0.1, -0.05) is 19.6 Å². The lowest BCUT2D eigenvalue weighted by Crippen LogP contribution is -2.48. The molecule has 1 atom stereocenters. The van der Waals surface area contributed by atoms with Crippen molar-refractivity contribution in [3.8, 4) is 0 Å². The summed E-state index contributed by atoms with van der Waals surface area (Å²) in [5.41, 5.74) is 3.63. The van der Waals surface area contributed by atoms with Crippen LogP contribution in [0.2, 0.25) is 0 Å². The second-order valence-corrected chi connectivity index (χ2v) is 11.0. The van der Waals surface area contributed by atoms with Gasteiger partial charge in [-0.2, -0.15) is 10.1 Å². The molecule has 3 aromatic rings. The molecule has 5 heterocycles. The fourth-order valence-corrected chi connectivity index (χ4v) is 5.99. The number of anilines is 3. The minimum absolute atomic E-state index is 0.0678. The predicted octanol–water partition coefficient (Wildman–Crippen LogP) is 4.58. The van der Waals surface area contributed by atoms with E-state index in [-0.39, 0.29) is 55.7 Å². The highest BCUT2D eigenvalue weighted by Crippen LogP contribution is 2.38. The summed E-state index contributed by atoms with van der Waals surface area (Å²) in [4.78, 5) is 39.6. The van der Waals surface area contributed by atoms with Gasteiger partial charge in [-0.3, -0.25) is 18.8 Å². The number of carbonyl (C=O) groups is 1. The van der Waals surface area contributed by atoms with E-state index in [1.807, 2.05) is 11.8 Å². The standard InChI is InChI=1S/C29H32F2N8O2/c1-4-24(40)38-11-10-37(22-13-18(2)12-19(3)25(22)38)23-14-20-15-32-28-34-21-16-33-36(17-21)9-7-29(30,31)6-5-8-39(27(23)41)26(20)35-28/h4,13-18H,1,5-12H2,2-3H3,(H,32,34,35). The molecular weight excluding hydrogens is 530 g/mol. The van der Waals surface area contributed by atoms with Crippen molar-refractivity contribution in [1.82, 2.24) is 29.2 Å². The molecule has 1 saturated heterocycles. The normalized spacial score (nSPS) is 20.8.